The summed E-state index contributed by atoms with van der Waals surface area (Å²) in [5, 5.41) is 0. The molecule has 1 aromatic heterocycles. The minimum Gasteiger partial charge on any atom is -0.128 e. The van der Waals surface area contributed by atoms with Crippen molar-refractivity contribution >= 4 is 34.5 Å². The lowest BCUT2D eigenvalue weighted by Crippen LogP contribution is -2.28. The molecule has 0 saturated heterocycles. The minimum absolute atomic E-state index is 0.355. The van der Waals surface area contributed by atoms with Crippen molar-refractivity contribution in [2.75, 3.05) is 5.88 Å². The fraction of sp³-hybridized carbons (Fsp3) is 0.667. The number of hydrogen-bond donors (Lipinski definition) is 0. The molecule has 0 amide bonds. The molecule has 0 aliphatic heterocycles. The van der Waals surface area contributed by atoms with Crippen molar-refractivity contribution in [3.63, 3.8) is 0 Å². The van der Waals surface area contributed by atoms with E-state index in [0.717, 1.165) is 16.6 Å². The number of hydrogen-bond acceptors (Lipinski definition) is 1. The monoisotopic (exact) mass is 262 g/mol. The molecule has 0 bridgehead atoms. The molecule has 1 aliphatic carbocycles. The van der Waals surface area contributed by atoms with Crippen LogP contribution in [0.25, 0.3) is 0 Å². The molecule has 15 heavy (non-hydrogen) atoms. The predicted octanol–water partition coefficient (Wildman–Crippen LogP) is 5.13. The Balaban J connectivity index is 2.06. The van der Waals surface area contributed by atoms with Gasteiger partial charge >= 0.3 is 0 Å². The van der Waals surface area contributed by atoms with E-state index in [4.69, 9.17) is 23.2 Å². The zero-order chi connectivity index (χ0) is 10.7. The summed E-state index contributed by atoms with van der Waals surface area (Å²) in [7, 11) is 0. The van der Waals surface area contributed by atoms with Crippen LogP contribution in [-0.2, 0) is 6.42 Å². The van der Waals surface area contributed by atoms with Crippen LogP contribution in [-0.4, -0.2) is 5.88 Å². The number of halogens is 2. The Labute approximate surface area is 106 Å². The van der Waals surface area contributed by atoms with E-state index in [9.17, 15) is 0 Å². The third kappa shape index (κ3) is 2.89. The van der Waals surface area contributed by atoms with Crippen LogP contribution < -0.4 is 0 Å². The van der Waals surface area contributed by atoms with Crippen molar-refractivity contribution in [1.82, 2.24) is 0 Å². The Morgan fingerprint density at radius 3 is 2.47 bits per heavy atom. The van der Waals surface area contributed by atoms with Gasteiger partial charge in [-0.15, -0.1) is 22.9 Å². The van der Waals surface area contributed by atoms with E-state index in [2.05, 4.69) is 6.07 Å². The van der Waals surface area contributed by atoms with Crippen LogP contribution in [0.2, 0.25) is 4.34 Å². The molecule has 0 unspecified atom stereocenters. The van der Waals surface area contributed by atoms with Gasteiger partial charge in [0.25, 0.3) is 0 Å². The first-order chi connectivity index (χ1) is 7.24. The topological polar surface area (TPSA) is 0 Å². The fourth-order valence-corrected chi connectivity index (χ4v) is 4.10. The summed E-state index contributed by atoms with van der Waals surface area (Å²) in [6.45, 7) is 0. The first kappa shape index (κ1) is 11.8. The van der Waals surface area contributed by atoms with Crippen LogP contribution in [0.1, 0.15) is 37.0 Å². The van der Waals surface area contributed by atoms with Crippen LogP contribution in [0.4, 0.5) is 0 Å². The first-order valence-electron chi connectivity index (χ1n) is 5.54. The lowest BCUT2D eigenvalue weighted by atomic mass is 9.73. The molecule has 0 N–H and O–H groups in total. The Kier molecular flexibility index (Phi) is 3.98. The van der Waals surface area contributed by atoms with Crippen LogP contribution in [0.3, 0.4) is 0 Å². The van der Waals surface area contributed by atoms with Gasteiger partial charge in [-0.3, -0.25) is 0 Å². The van der Waals surface area contributed by atoms with Crippen LogP contribution in [0, 0.1) is 5.41 Å². The normalized spacial score (nSPS) is 20.4. The predicted molar refractivity (Wildman–Crippen MR) is 69.3 cm³/mol. The van der Waals surface area contributed by atoms with E-state index < -0.39 is 0 Å². The van der Waals surface area contributed by atoms with Gasteiger partial charge in [0.05, 0.1) is 4.34 Å². The average Bonchev–Trinajstić information content (AvgIpc) is 2.65. The zero-order valence-corrected chi connectivity index (χ0v) is 11.1. The highest BCUT2D eigenvalue weighted by Gasteiger charge is 2.31. The van der Waals surface area contributed by atoms with E-state index in [1.54, 1.807) is 11.3 Å². The van der Waals surface area contributed by atoms with Crippen molar-refractivity contribution in [3.8, 4) is 0 Å². The van der Waals surface area contributed by atoms with Gasteiger partial charge in [0.2, 0.25) is 0 Å². The molecule has 3 heteroatoms. The molecule has 2 rings (SSSR count). The van der Waals surface area contributed by atoms with Gasteiger partial charge < -0.3 is 0 Å². The van der Waals surface area contributed by atoms with Gasteiger partial charge in [-0.2, -0.15) is 0 Å². The quantitative estimate of drug-likeness (QED) is 0.663. The van der Waals surface area contributed by atoms with Gasteiger partial charge in [0.15, 0.2) is 0 Å². The highest BCUT2D eigenvalue weighted by molar-refractivity contribution is 7.16. The maximum Gasteiger partial charge on any atom is 0.0931 e. The summed E-state index contributed by atoms with van der Waals surface area (Å²) in [6.07, 6.45) is 7.74. The Bertz CT molecular complexity index is 313. The third-order valence-electron chi connectivity index (χ3n) is 3.38. The summed E-state index contributed by atoms with van der Waals surface area (Å²) in [5.41, 5.74) is 0.355. The maximum absolute atomic E-state index is 6.17. The molecule has 1 aromatic rings. The summed E-state index contributed by atoms with van der Waals surface area (Å²) in [4.78, 5) is 1.39. The molecule has 84 valence electrons. The largest absolute Gasteiger partial charge is 0.128 e. The second-order valence-electron chi connectivity index (χ2n) is 4.58. The number of alkyl halides is 1. The lowest BCUT2D eigenvalue weighted by molar-refractivity contribution is 0.221. The smallest absolute Gasteiger partial charge is 0.0931 e. The number of rotatable bonds is 3. The molecule has 1 fully saturated rings. The van der Waals surface area contributed by atoms with E-state index in [1.807, 2.05) is 6.07 Å². The second-order valence-corrected chi connectivity index (χ2v) is 6.64. The Morgan fingerprint density at radius 2 is 1.93 bits per heavy atom. The Morgan fingerprint density at radius 1 is 1.20 bits per heavy atom. The highest BCUT2D eigenvalue weighted by atomic mass is 35.5. The molecular weight excluding hydrogens is 247 g/mol. The molecule has 1 heterocycles. The van der Waals surface area contributed by atoms with Gasteiger partial charge in [-0.25, -0.2) is 0 Å². The molecule has 0 radical (unpaired) electrons. The number of thiophene rings is 1. The van der Waals surface area contributed by atoms with Crippen LogP contribution >= 0.6 is 34.5 Å². The van der Waals surface area contributed by atoms with Gasteiger partial charge in [-0.1, -0.05) is 30.9 Å². The molecule has 1 aliphatic rings. The van der Waals surface area contributed by atoms with Crippen molar-refractivity contribution in [2.45, 2.75) is 38.5 Å². The fourth-order valence-electron chi connectivity index (χ4n) is 2.48. The van der Waals surface area contributed by atoms with Gasteiger partial charge in [0.1, 0.15) is 0 Å². The summed E-state index contributed by atoms with van der Waals surface area (Å²) in [6, 6.07) is 4.14. The zero-order valence-electron chi connectivity index (χ0n) is 8.77. The molecule has 0 spiro atoms. The first-order valence-corrected chi connectivity index (χ1v) is 7.27. The van der Waals surface area contributed by atoms with E-state index in [1.165, 1.54) is 37.0 Å². The lowest BCUT2D eigenvalue weighted by Gasteiger charge is -2.35. The minimum atomic E-state index is 0.355. The van der Waals surface area contributed by atoms with Crippen molar-refractivity contribution < 1.29 is 0 Å². The average molecular weight is 263 g/mol. The third-order valence-corrected chi connectivity index (χ3v) is 5.17. The molecule has 0 nitrogen and oxygen atoms in total. The molecule has 0 atom stereocenters. The Hall–Kier alpha value is 0.280. The standard InChI is InChI=1S/C12H16Cl2S/c13-9-12(6-2-1-3-7-12)8-10-4-5-11(14)15-10/h4-5H,1-3,6-9H2. The van der Waals surface area contributed by atoms with Crippen LogP contribution in [0.15, 0.2) is 12.1 Å². The molecular formula is C12H16Cl2S. The maximum atomic E-state index is 6.17. The summed E-state index contributed by atoms with van der Waals surface area (Å²) in [5.74, 6) is 0.794. The van der Waals surface area contributed by atoms with Gasteiger partial charge in [-0.05, 0) is 36.8 Å². The summed E-state index contributed by atoms with van der Waals surface area (Å²) < 4.78 is 0.894. The van der Waals surface area contributed by atoms with E-state index >= 15 is 0 Å². The molecule has 1 saturated carbocycles. The van der Waals surface area contributed by atoms with Crippen LogP contribution in [0.5, 0.6) is 0 Å². The second kappa shape index (κ2) is 5.07. The summed E-state index contributed by atoms with van der Waals surface area (Å²) >= 11 is 13.8. The van der Waals surface area contributed by atoms with Crippen molar-refractivity contribution in [3.05, 3.63) is 21.3 Å². The highest BCUT2D eigenvalue weighted by Crippen LogP contribution is 2.41. The molecule has 0 aromatic carbocycles. The van der Waals surface area contributed by atoms with Gasteiger partial charge in [0, 0.05) is 10.8 Å². The van der Waals surface area contributed by atoms with Crippen molar-refractivity contribution in [2.24, 2.45) is 5.41 Å². The van der Waals surface area contributed by atoms with E-state index in [0.29, 0.717) is 5.41 Å². The van der Waals surface area contributed by atoms with Crippen molar-refractivity contribution in [1.29, 1.82) is 0 Å². The van der Waals surface area contributed by atoms with E-state index in [-0.39, 0.29) is 0 Å². The SMILES string of the molecule is ClCC1(Cc2ccc(Cl)s2)CCCCC1.